The summed E-state index contributed by atoms with van der Waals surface area (Å²) < 4.78 is 14.7. The lowest BCUT2D eigenvalue weighted by atomic mass is 10.1. The highest BCUT2D eigenvalue weighted by atomic mass is 19.1. The van der Waals surface area contributed by atoms with Gasteiger partial charge in [-0.05, 0) is 12.1 Å². The molecule has 0 spiro atoms. The molecule has 3 aromatic rings. The van der Waals surface area contributed by atoms with E-state index in [0.29, 0.717) is 16.6 Å². The van der Waals surface area contributed by atoms with Crippen LogP contribution in [0.4, 0.5) is 10.1 Å². The van der Waals surface area contributed by atoms with Crippen LogP contribution in [0.5, 0.6) is 0 Å². The second-order valence-electron chi connectivity index (χ2n) is 4.29. The molecule has 100 valence electrons. The zero-order valence-electron chi connectivity index (χ0n) is 10.2. The zero-order valence-corrected chi connectivity index (χ0v) is 10.2. The molecule has 3 rings (SSSR count). The molecule has 7 heteroatoms. The van der Waals surface area contributed by atoms with E-state index in [2.05, 4.69) is 10.1 Å². The Kier molecular flexibility index (Phi) is 2.60. The summed E-state index contributed by atoms with van der Waals surface area (Å²) in [4.78, 5) is 15.0. The summed E-state index contributed by atoms with van der Waals surface area (Å²) in [7, 11) is 0. The Morgan fingerprint density at radius 2 is 2.00 bits per heavy atom. The first-order chi connectivity index (χ1) is 9.56. The number of pyridine rings is 1. The number of halogens is 1. The maximum Gasteiger partial charge on any atom is 0.252 e. The molecule has 4 N–H and O–H groups in total. The Hall–Kier alpha value is -2.96. The molecule has 0 bridgehead atoms. The van der Waals surface area contributed by atoms with E-state index in [1.165, 1.54) is 23.0 Å². The van der Waals surface area contributed by atoms with Crippen molar-refractivity contribution in [3.8, 4) is 11.1 Å². The minimum atomic E-state index is -0.646. The summed E-state index contributed by atoms with van der Waals surface area (Å²) in [5, 5.41) is 4.05. The Morgan fingerprint density at radius 3 is 2.70 bits per heavy atom. The monoisotopic (exact) mass is 271 g/mol. The molecular formula is C13H10FN5O. The van der Waals surface area contributed by atoms with Crippen molar-refractivity contribution in [1.82, 2.24) is 14.6 Å². The van der Waals surface area contributed by atoms with E-state index in [9.17, 15) is 9.18 Å². The van der Waals surface area contributed by atoms with Gasteiger partial charge >= 0.3 is 0 Å². The van der Waals surface area contributed by atoms with Crippen molar-refractivity contribution in [3.63, 3.8) is 0 Å². The first kappa shape index (κ1) is 12.1. The molecule has 6 nitrogen and oxygen atoms in total. The van der Waals surface area contributed by atoms with Gasteiger partial charge in [-0.1, -0.05) is 0 Å². The number of hydrogen-bond acceptors (Lipinski definition) is 4. The minimum Gasteiger partial charge on any atom is -0.396 e. The number of hydrogen-bond donors (Lipinski definition) is 2. The number of primary amides is 1. The lowest BCUT2D eigenvalue weighted by Gasteiger charge is -2.02. The molecule has 0 aromatic carbocycles. The number of anilines is 1. The van der Waals surface area contributed by atoms with Gasteiger partial charge in [-0.3, -0.25) is 9.78 Å². The predicted octanol–water partition coefficient (Wildman–Crippen LogP) is 1.22. The molecule has 0 aliphatic heterocycles. The van der Waals surface area contributed by atoms with Crippen molar-refractivity contribution in [2.75, 3.05) is 5.73 Å². The topological polar surface area (TPSA) is 99.3 Å². The fraction of sp³-hybridized carbons (Fsp3) is 0. The largest absolute Gasteiger partial charge is 0.396 e. The van der Waals surface area contributed by atoms with Gasteiger partial charge in [0.25, 0.3) is 5.91 Å². The number of nitrogens with two attached hydrogens (primary N) is 2. The SMILES string of the molecule is NC(=O)c1cnn2cc(-c3cncc(F)c3)cc2c1N. The maximum atomic E-state index is 13.2. The molecule has 3 heterocycles. The standard InChI is InChI=1S/C13H10FN5O/c14-9-1-7(3-17-4-9)8-2-11-12(15)10(13(16)20)5-18-19(11)6-8/h1-6H,15H2,(H2,16,20). The van der Waals surface area contributed by atoms with Gasteiger partial charge in [-0.15, -0.1) is 0 Å². The maximum absolute atomic E-state index is 13.2. The number of rotatable bonds is 2. The van der Waals surface area contributed by atoms with Crippen LogP contribution in [0.15, 0.2) is 36.9 Å². The highest BCUT2D eigenvalue weighted by molar-refractivity contribution is 6.01. The van der Waals surface area contributed by atoms with E-state index in [4.69, 9.17) is 11.5 Å². The second kappa shape index (κ2) is 4.30. The molecule has 0 saturated carbocycles. The third kappa shape index (κ3) is 1.85. The van der Waals surface area contributed by atoms with E-state index in [-0.39, 0.29) is 11.3 Å². The smallest absolute Gasteiger partial charge is 0.252 e. The first-order valence-corrected chi connectivity index (χ1v) is 5.74. The Morgan fingerprint density at radius 1 is 1.20 bits per heavy atom. The van der Waals surface area contributed by atoms with Crippen molar-refractivity contribution < 1.29 is 9.18 Å². The van der Waals surface area contributed by atoms with Crippen LogP contribution in [0.2, 0.25) is 0 Å². The van der Waals surface area contributed by atoms with E-state index in [1.807, 2.05) is 0 Å². The Balaban J connectivity index is 2.21. The number of nitrogen functional groups attached to an aromatic ring is 1. The normalized spacial score (nSPS) is 10.8. The number of nitrogens with zero attached hydrogens (tertiary/aromatic N) is 3. The third-order valence-corrected chi connectivity index (χ3v) is 2.98. The van der Waals surface area contributed by atoms with Gasteiger partial charge in [0, 0.05) is 23.5 Å². The fourth-order valence-electron chi connectivity index (χ4n) is 2.00. The van der Waals surface area contributed by atoms with Crippen LogP contribution in [-0.2, 0) is 0 Å². The molecule has 0 aliphatic rings. The van der Waals surface area contributed by atoms with Crippen LogP contribution in [-0.4, -0.2) is 20.5 Å². The number of carbonyl (C=O) groups is 1. The fourth-order valence-corrected chi connectivity index (χ4v) is 2.00. The summed E-state index contributed by atoms with van der Waals surface area (Å²) in [5.41, 5.74) is 13.3. The van der Waals surface area contributed by atoms with Crippen molar-refractivity contribution in [2.45, 2.75) is 0 Å². The van der Waals surface area contributed by atoms with Gasteiger partial charge in [0.2, 0.25) is 0 Å². The summed E-state index contributed by atoms with van der Waals surface area (Å²) in [6.45, 7) is 0. The van der Waals surface area contributed by atoms with E-state index in [0.717, 1.165) is 6.20 Å². The number of carbonyl (C=O) groups excluding carboxylic acids is 1. The minimum absolute atomic E-state index is 0.152. The summed E-state index contributed by atoms with van der Waals surface area (Å²) in [6.07, 6.45) is 5.63. The summed E-state index contributed by atoms with van der Waals surface area (Å²) >= 11 is 0. The van der Waals surface area contributed by atoms with Crippen molar-refractivity contribution in [2.24, 2.45) is 5.73 Å². The molecule has 0 fully saturated rings. The van der Waals surface area contributed by atoms with Crippen LogP contribution in [0.3, 0.4) is 0 Å². The highest BCUT2D eigenvalue weighted by Gasteiger charge is 2.13. The number of aromatic nitrogens is 3. The lowest BCUT2D eigenvalue weighted by molar-refractivity contribution is 0.100. The molecule has 0 radical (unpaired) electrons. The predicted molar refractivity (Wildman–Crippen MR) is 71.3 cm³/mol. The van der Waals surface area contributed by atoms with Crippen molar-refractivity contribution in [1.29, 1.82) is 0 Å². The van der Waals surface area contributed by atoms with E-state index in [1.54, 1.807) is 12.3 Å². The van der Waals surface area contributed by atoms with Crippen LogP contribution in [0.25, 0.3) is 16.6 Å². The molecule has 3 aromatic heterocycles. The summed E-state index contributed by atoms with van der Waals surface area (Å²) in [5.74, 6) is -1.08. The molecular weight excluding hydrogens is 261 g/mol. The molecule has 0 saturated heterocycles. The first-order valence-electron chi connectivity index (χ1n) is 5.74. The van der Waals surface area contributed by atoms with Crippen LogP contribution < -0.4 is 11.5 Å². The quantitative estimate of drug-likeness (QED) is 0.731. The van der Waals surface area contributed by atoms with Crippen LogP contribution >= 0.6 is 0 Å². The van der Waals surface area contributed by atoms with Gasteiger partial charge < -0.3 is 11.5 Å². The van der Waals surface area contributed by atoms with Crippen molar-refractivity contribution >= 4 is 17.1 Å². The third-order valence-electron chi connectivity index (χ3n) is 2.98. The lowest BCUT2D eigenvalue weighted by Crippen LogP contribution is -2.15. The summed E-state index contributed by atoms with van der Waals surface area (Å²) in [6, 6.07) is 3.05. The van der Waals surface area contributed by atoms with E-state index >= 15 is 0 Å². The van der Waals surface area contributed by atoms with Gasteiger partial charge in [-0.25, -0.2) is 8.91 Å². The average molecular weight is 271 g/mol. The zero-order chi connectivity index (χ0) is 14.3. The Labute approximate surface area is 112 Å². The number of fused-ring (bicyclic) bond motifs is 1. The van der Waals surface area contributed by atoms with Gasteiger partial charge in [0.05, 0.1) is 29.2 Å². The molecule has 0 atom stereocenters. The van der Waals surface area contributed by atoms with Crippen molar-refractivity contribution in [3.05, 3.63) is 48.3 Å². The number of amides is 1. The van der Waals surface area contributed by atoms with Gasteiger partial charge in [0.15, 0.2) is 0 Å². The molecule has 20 heavy (non-hydrogen) atoms. The molecule has 1 amide bonds. The second-order valence-corrected chi connectivity index (χ2v) is 4.29. The van der Waals surface area contributed by atoms with Gasteiger partial charge in [0.1, 0.15) is 5.82 Å². The highest BCUT2D eigenvalue weighted by Crippen LogP contribution is 2.26. The molecule has 0 unspecified atom stereocenters. The average Bonchev–Trinajstić information content (AvgIpc) is 2.83. The van der Waals surface area contributed by atoms with E-state index < -0.39 is 11.7 Å². The molecule has 0 aliphatic carbocycles. The van der Waals surface area contributed by atoms with Crippen LogP contribution in [0.1, 0.15) is 10.4 Å². The Bertz CT molecular complexity index is 827. The van der Waals surface area contributed by atoms with Crippen LogP contribution in [0, 0.1) is 5.82 Å². The van der Waals surface area contributed by atoms with Gasteiger partial charge in [-0.2, -0.15) is 5.10 Å².